The second-order valence-electron chi connectivity index (χ2n) is 6.03. The molecule has 6 nitrogen and oxygen atoms in total. The van der Waals surface area contributed by atoms with Gasteiger partial charge in [-0.15, -0.1) is 0 Å². The van der Waals surface area contributed by atoms with Crippen LogP contribution >= 0.6 is 12.2 Å². The van der Waals surface area contributed by atoms with Crippen molar-refractivity contribution >= 4 is 34.7 Å². The smallest absolute Gasteiger partial charge is 0.257 e. The number of nitrogens with zero attached hydrogens (tertiary/aromatic N) is 1. The van der Waals surface area contributed by atoms with Crippen LogP contribution in [-0.2, 0) is 17.9 Å². The number of thiocarbonyl (C=S) groups is 1. The first-order valence-corrected chi connectivity index (χ1v) is 9.07. The highest BCUT2D eigenvalue weighted by Crippen LogP contribution is 2.18. The molecule has 4 N–H and O–H groups in total. The molecule has 1 amide bonds. The van der Waals surface area contributed by atoms with Crippen LogP contribution in [0, 0.1) is 0 Å². The summed E-state index contributed by atoms with van der Waals surface area (Å²) in [7, 11) is 0. The number of nitrogens with two attached hydrogens (primary N) is 1. The molecule has 0 spiro atoms. The molecule has 0 atom stereocenters. The minimum Gasteiger partial charge on any atom is -0.466 e. The molecule has 0 fully saturated rings. The molecule has 0 radical (unpaired) electrons. The summed E-state index contributed by atoms with van der Waals surface area (Å²) in [5, 5.41) is 6.15. The molecule has 0 aliphatic rings. The van der Waals surface area contributed by atoms with Gasteiger partial charge >= 0.3 is 0 Å². The Labute approximate surface area is 168 Å². The first-order chi connectivity index (χ1) is 13.6. The highest BCUT2D eigenvalue weighted by Gasteiger charge is 2.08. The predicted octanol–water partition coefficient (Wildman–Crippen LogP) is 3.51. The second-order valence-corrected chi connectivity index (χ2v) is 6.40. The normalized spacial score (nSPS) is 10.1. The quantitative estimate of drug-likeness (QED) is 0.439. The molecule has 0 aliphatic heterocycles. The van der Waals surface area contributed by atoms with Gasteiger partial charge in [0.1, 0.15) is 6.61 Å². The Morgan fingerprint density at radius 2 is 1.82 bits per heavy atom. The minimum atomic E-state index is -0.215. The standard InChI is InChI=1S/C21H20N4O2S/c22-18-5-1-2-6-19(18)25-20(26)17-9-7-15(8-10-17)13-24-21(28)27-14-16-4-3-11-23-12-16/h1-12H,13-14,22H2,(H,24,28)(H,25,26). The molecule has 0 bridgehead atoms. The van der Waals surface area contributed by atoms with E-state index in [1.807, 2.05) is 36.4 Å². The lowest BCUT2D eigenvalue weighted by Gasteiger charge is -2.11. The highest BCUT2D eigenvalue weighted by molar-refractivity contribution is 7.80. The number of benzene rings is 2. The lowest BCUT2D eigenvalue weighted by Crippen LogP contribution is -2.23. The van der Waals surface area contributed by atoms with Crippen LogP contribution in [0.1, 0.15) is 21.5 Å². The summed E-state index contributed by atoms with van der Waals surface area (Å²) in [4.78, 5) is 16.4. The number of nitrogens with one attached hydrogen (secondary N) is 2. The van der Waals surface area contributed by atoms with Gasteiger partial charge in [-0.2, -0.15) is 0 Å². The van der Waals surface area contributed by atoms with Crippen molar-refractivity contribution < 1.29 is 9.53 Å². The van der Waals surface area contributed by atoms with Crippen LogP contribution in [0.4, 0.5) is 11.4 Å². The zero-order valence-electron chi connectivity index (χ0n) is 15.1. The van der Waals surface area contributed by atoms with Gasteiger partial charge < -0.3 is 21.1 Å². The Hall–Kier alpha value is -3.45. The largest absolute Gasteiger partial charge is 0.466 e. The number of ether oxygens (including phenoxy) is 1. The molecule has 0 aliphatic carbocycles. The van der Waals surface area contributed by atoms with Crippen molar-refractivity contribution in [2.45, 2.75) is 13.2 Å². The van der Waals surface area contributed by atoms with Crippen molar-refractivity contribution in [2.75, 3.05) is 11.1 Å². The van der Waals surface area contributed by atoms with E-state index in [1.165, 1.54) is 0 Å². The van der Waals surface area contributed by atoms with E-state index in [4.69, 9.17) is 22.7 Å². The number of hydrogen-bond donors (Lipinski definition) is 3. The monoisotopic (exact) mass is 392 g/mol. The van der Waals surface area contributed by atoms with E-state index >= 15 is 0 Å². The van der Waals surface area contributed by atoms with Gasteiger partial charge in [-0.1, -0.05) is 30.3 Å². The van der Waals surface area contributed by atoms with Gasteiger partial charge in [0.25, 0.3) is 11.1 Å². The molecule has 1 aromatic heterocycles. The van der Waals surface area contributed by atoms with Crippen LogP contribution in [0.25, 0.3) is 0 Å². The summed E-state index contributed by atoms with van der Waals surface area (Å²) >= 11 is 5.18. The molecule has 28 heavy (non-hydrogen) atoms. The third-order valence-electron chi connectivity index (χ3n) is 3.95. The van der Waals surface area contributed by atoms with Crippen molar-refractivity contribution in [1.29, 1.82) is 0 Å². The third-order valence-corrected chi connectivity index (χ3v) is 4.22. The fraction of sp³-hybridized carbons (Fsp3) is 0.0952. The summed E-state index contributed by atoms with van der Waals surface area (Å²) < 4.78 is 5.49. The molecule has 0 saturated carbocycles. The van der Waals surface area contributed by atoms with Crippen molar-refractivity contribution in [3.63, 3.8) is 0 Å². The van der Waals surface area contributed by atoms with Gasteiger partial charge in [0.15, 0.2) is 0 Å². The first-order valence-electron chi connectivity index (χ1n) is 8.66. The minimum absolute atomic E-state index is 0.215. The van der Waals surface area contributed by atoms with E-state index < -0.39 is 0 Å². The SMILES string of the molecule is Nc1ccccc1NC(=O)c1ccc(CNC(=S)OCc2cccnc2)cc1. The zero-order valence-corrected chi connectivity index (χ0v) is 15.9. The zero-order chi connectivity index (χ0) is 19.8. The van der Waals surface area contributed by atoms with Crippen molar-refractivity contribution in [3.8, 4) is 0 Å². The average Bonchev–Trinajstić information content (AvgIpc) is 2.73. The highest BCUT2D eigenvalue weighted by atomic mass is 32.1. The Bertz CT molecular complexity index is 946. The number of carbonyl (C=O) groups excluding carboxylic acids is 1. The number of anilines is 2. The van der Waals surface area contributed by atoms with Crippen LogP contribution in [0.3, 0.4) is 0 Å². The van der Waals surface area contributed by atoms with Crippen molar-refractivity contribution in [3.05, 3.63) is 89.7 Å². The molecule has 3 rings (SSSR count). The number of carbonyl (C=O) groups is 1. The molecule has 2 aromatic carbocycles. The fourth-order valence-electron chi connectivity index (χ4n) is 2.44. The Morgan fingerprint density at radius 3 is 2.54 bits per heavy atom. The van der Waals surface area contributed by atoms with Gasteiger partial charge in [-0.25, -0.2) is 0 Å². The molecule has 1 heterocycles. The summed E-state index contributed by atoms with van der Waals surface area (Å²) in [6.45, 7) is 0.862. The summed E-state index contributed by atoms with van der Waals surface area (Å²) in [6.07, 6.45) is 3.44. The van der Waals surface area contributed by atoms with Crippen LogP contribution in [-0.4, -0.2) is 16.1 Å². The van der Waals surface area contributed by atoms with Crippen LogP contribution in [0.15, 0.2) is 73.1 Å². The lowest BCUT2D eigenvalue weighted by atomic mass is 10.1. The molecule has 3 aromatic rings. The van der Waals surface area contributed by atoms with E-state index in [1.54, 1.807) is 36.7 Å². The molecule has 7 heteroatoms. The van der Waals surface area contributed by atoms with Crippen LogP contribution in [0.2, 0.25) is 0 Å². The number of pyridine rings is 1. The molecule has 0 saturated heterocycles. The molecule has 142 valence electrons. The second kappa shape index (κ2) is 9.48. The maximum absolute atomic E-state index is 12.3. The summed E-state index contributed by atoms with van der Waals surface area (Å²) in [6, 6.07) is 18.1. The van der Waals surface area contributed by atoms with E-state index in [2.05, 4.69) is 15.6 Å². The third kappa shape index (κ3) is 5.52. The summed E-state index contributed by atoms with van der Waals surface area (Å²) in [5.74, 6) is -0.215. The molecular formula is C21H20N4O2S. The number of para-hydroxylation sites is 2. The number of aromatic nitrogens is 1. The Morgan fingerprint density at radius 1 is 1.04 bits per heavy atom. The van der Waals surface area contributed by atoms with E-state index in [0.717, 1.165) is 11.1 Å². The molecule has 0 unspecified atom stereocenters. The van der Waals surface area contributed by atoms with E-state index in [-0.39, 0.29) is 5.91 Å². The summed E-state index contributed by atoms with van der Waals surface area (Å²) in [5.41, 5.74) is 9.43. The van der Waals surface area contributed by atoms with Crippen LogP contribution in [0.5, 0.6) is 0 Å². The fourth-order valence-corrected chi connectivity index (χ4v) is 2.57. The average molecular weight is 392 g/mol. The predicted molar refractivity (Wildman–Crippen MR) is 114 cm³/mol. The van der Waals surface area contributed by atoms with E-state index in [0.29, 0.717) is 35.3 Å². The Balaban J connectivity index is 1.48. The first kappa shape index (κ1) is 19.3. The van der Waals surface area contributed by atoms with Crippen molar-refractivity contribution in [1.82, 2.24) is 10.3 Å². The maximum Gasteiger partial charge on any atom is 0.257 e. The van der Waals surface area contributed by atoms with Gasteiger partial charge in [0, 0.05) is 30.1 Å². The molecular weight excluding hydrogens is 372 g/mol. The number of hydrogen-bond acceptors (Lipinski definition) is 5. The van der Waals surface area contributed by atoms with Crippen molar-refractivity contribution in [2.24, 2.45) is 0 Å². The Kier molecular flexibility index (Phi) is 6.54. The van der Waals surface area contributed by atoms with Gasteiger partial charge in [-0.05, 0) is 48.1 Å². The number of rotatable bonds is 6. The van der Waals surface area contributed by atoms with Gasteiger partial charge in [0.05, 0.1) is 11.4 Å². The maximum atomic E-state index is 12.3. The lowest BCUT2D eigenvalue weighted by molar-refractivity contribution is 0.102. The number of amides is 1. The topological polar surface area (TPSA) is 89.3 Å². The van der Waals surface area contributed by atoms with Gasteiger partial charge in [0.2, 0.25) is 0 Å². The van der Waals surface area contributed by atoms with Gasteiger partial charge in [-0.3, -0.25) is 9.78 Å². The van der Waals surface area contributed by atoms with E-state index in [9.17, 15) is 4.79 Å². The number of nitrogen functional groups attached to an aromatic ring is 1. The van der Waals surface area contributed by atoms with Crippen LogP contribution < -0.4 is 16.4 Å².